The van der Waals surface area contributed by atoms with E-state index in [1.807, 2.05) is 31.2 Å². The third kappa shape index (κ3) is 2.88. The van der Waals surface area contributed by atoms with Crippen molar-refractivity contribution in [2.75, 3.05) is 7.11 Å². The van der Waals surface area contributed by atoms with E-state index in [-0.39, 0.29) is 35.8 Å². The van der Waals surface area contributed by atoms with Crippen LogP contribution in [0.1, 0.15) is 45.1 Å². The standard InChI is InChI=1S/C18H23N3O3/c1-10(2)21-15-8-6-5-7-14(15)20-16(21)11(3)19-17(22)12-9-13(12)18(23)24-4/h5-8,10-13H,9H2,1-4H3,(H,19,22)/t11-,12-,13-/m1/s1. The molecule has 1 aliphatic carbocycles. The summed E-state index contributed by atoms with van der Waals surface area (Å²) in [5.41, 5.74) is 1.98. The fourth-order valence-corrected chi connectivity index (χ4v) is 3.19. The highest BCUT2D eigenvalue weighted by Crippen LogP contribution is 2.40. The minimum absolute atomic E-state index is 0.111. The Morgan fingerprint density at radius 1 is 1.25 bits per heavy atom. The zero-order valence-electron chi connectivity index (χ0n) is 14.4. The van der Waals surface area contributed by atoms with E-state index in [1.165, 1.54) is 7.11 Å². The Hall–Kier alpha value is -2.37. The van der Waals surface area contributed by atoms with Gasteiger partial charge in [0.05, 0.1) is 36.0 Å². The van der Waals surface area contributed by atoms with E-state index in [1.54, 1.807) is 0 Å². The number of rotatable bonds is 5. The number of para-hydroxylation sites is 2. The van der Waals surface area contributed by atoms with Crippen molar-refractivity contribution in [1.82, 2.24) is 14.9 Å². The number of esters is 1. The summed E-state index contributed by atoms with van der Waals surface area (Å²) in [6, 6.07) is 7.95. The number of nitrogens with zero attached hydrogens (tertiary/aromatic N) is 2. The molecule has 0 saturated heterocycles. The van der Waals surface area contributed by atoms with Crippen molar-refractivity contribution in [3.8, 4) is 0 Å². The van der Waals surface area contributed by atoms with Crippen LogP contribution in [-0.2, 0) is 14.3 Å². The molecular formula is C18H23N3O3. The zero-order valence-corrected chi connectivity index (χ0v) is 14.4. The Kier molecular flexibility index (Phi) is 4.30. The number of ether oxygens (including phenoxy) is 1. The maximum absolute atomic E-state index is 12.4. The molecule has 6 heteroatoms. The summed E-state index contributed by atoms with van der Waals surface area (Å²) in [6.07, 6.45) is 0.561. The first-order valence-electron chi connectivity index (χ1n) is 8.29. The quantitative estimate of drug-likeness (QED) is 0.856. The molecule has 0 spiro atoms. The van der Waals surface area contributed by atoms with Crippen molar-refractivity contribution in [2.45, 2.75) is 39.3 Å². The second kappa shape index (κ2) is 6.26. The van der Waals surface area contributed by atoms with Gasteiger partial charge in [-0.2, -0.15) is 0 Å². The third-order valence-corrected chi connectivity index (χ3v) is 4.52. The maximum atomic E-state index is 12.4. The highest BCUT2D eigenvalue weighted by molar-refractivity contribution is 5.90. The second-order valence-electron chi connectivity index (χ2n) is 6.62. The number of carbonyl (C=O) groups is 2. The first kappa shape index (κ1) is 16.5. The Morgan fingerprint density at radius 2 is 1.96 bits per heavy atom. The van der Waals surface area contributed by atoms with Crippen molar-refractivity contribution < 1.29 is 14.3 Å². The van der Waals surface area contributed by atoms with Gasteiger partial charge in [0.25, 0.3) is 0 Å². The van der Waals surface area contributed by atoms with E-state index < -0.39 is 0 Å². The Bertz CT molecular complexity index is 781. The average Bonchev–Trinajstić information content (AvgIpc) is 3.26. The van der Waals surface area contributed by atoms with Crippen molar-refractivity contribution >= 4 is 22.9 Å². The molecule has 3 rings (SSSR count). The predicted octanol–water partition coefficient (Wildman–Crippen LogP) is 2.60. The number of fused-ring (bicyclic) bond motifs is 1. The summed E-state index contributed by atoms with van der Waals surface area (Å²) in [6.45, 7) is 6.12. The molecule has 1 aromatic heterocycles. The molecule has 1 heterocycles. The van der Waals surface area contributed by atoms with Gasteiger partial charge in [-0.25, -0.2) is 4.98 Å². The maximum Gasteiger partial charge on any atom is 0.309 e. The molecule has 0 bridgehead atoms. The lowest BCUT2D eigenvalue weighted by atomic mass is 10.2. The largest absolute Gasteiger partial charge is 0.469 e. The van der Waals surface area contributed by atoms with E-state index >= 15 is 0 Å². The van der Waals surface area contributed by atoms with E-state index in [4.69, 9.17) is 9.72 Å². The van der Waals surface area contributed by atoms with Crippen LogP contribution >= 0.6 is 0 Å². The molecule has 1 aliphatic rings. The Morgan fingerprint density at radius 3 is 2.62 bits per heavy atom. The zero-order chi connectivity index (χ0) is 17.4. The van der Waals surface area contributed by atoms with Crippen molar-refractivity contribution in [2.24, 2.45) is 11.8 Å². The van der Waals surface area contributed by atoms with Gasteiger partial charge in [0.1, 0.15) is 5.82 Å². The van der Waals surface area contributed by atoms with Crippen LogP contribution in [0.2, 0.25) is 0 Å². The van der Waals surface area contributed by atoms with Crippen LogP contribution in [-0.4, -0.2) is 28.5 Å². The van der Waals surface area contributed by atoms with E-state index in [9.17, 15) is 9.59 Å². The lowest BCUT2D eigenvalue weighted by Crippen LogP contribution is -2.31. The van der Waals surface area contributed by atoms with Gasteiger partial charge in [0, 0.05) is 6.04 Å². The summed E-state index contributed by atoms with van der Waals surface area (Å²) < 4.78 is 6.84. The molecule has 1 amide bonds. The van der Waals surface area contributed by atoms with Gasteiger partial charge in [-0.05, 0) is 39.3 Å². The molecule has 1 fully saturated rings. The van der Waals surface area contributed by atoms with E-state index in [2.05, 4.69) is 23.7 Å². The van der Waals surface area contributed by atoms with Crippen LogP contribution < -0.4 is 5.32 Å². The summed E-state index contributed by atoms with van der Waals surface area (Å²) in [7, 11) is 1.35. The van der Waals surface area contributed by atoms with Gasteiger partial charge < -0.3 is 14.6 Å². The van der Waals surface area contributed by atoms with Crippen LogP contribution in [0.15, 0.2) is 24.3 Å². The molecule has 6 nitrogen and oxygen atoms in total. The fourth-order valence-electron chi connectivity index (χ4n) is 3.19. The number of aromatic nitrogens is 2. The molecule has 0 unspecified atom stereocenters. The summed E-state index contributed by atoms with van der Waals surface area (Å²) in [4.78, 5) is 28.5. The topological polar surface area (TPSA) is 73.2 Å². The molecule has 1 aromatic carbocycles. The summed E-state index contributed by atoms with van der Waals surface area (Å²) in [5, 5.41) is 2.99. The van der Waals surface area contributed by atoms with Gasteiger partial charge in [-0.15, -0.1) is 0 Å². The molecule has 1 N–H and O–H groups in total. The SMILES string of the molecule is COC(=O)[C@@H]1C[C@H]1C(=O)N[C@H](C)c1nc2ccccc2n1C(C)C. The van der Waals surface area contributed by atoms with Gasteiger partial charge in [-0.1, -0.05) is 12.1 Å². The summed E-state index contributed by atoms with van der Waals surface area (Å²) in [5.74, 6) is -0.171. The van der Waals surface area contributed by atoms with Gasteiger partial charge >= 0.3 is 5.97 Å². The van der Waals surface area contributed by atoms with Crippen LogP contribution in [0.25, 0.3) is 11.0 Å². The second-order valence-corrected chi connectivity index (χ2v) is 6.62. The number of amides is 1. The number of imidazole rings is 1. The lowest BCUT2D eigenvalue weighted by Gasteiger charge is -2.18. The van der Waals surface area contributed by atoms with Gasteiger partial charge in [-0.3, -0.25) is 9.59 Å². The number of carbonyl (C=O) groups excluding carboxylic acids is 2. The monoisotopic (exact) mass is 329 g/mol. The molecule has 0 radical (unpaired) electrons. The van der Waals surface area contributed by atoms with Crippen molar-refractivity contribution in [3.05, 3.63) is 30.1 Å². The predicted molar refractivity (Wildman–Crippen MR) is 90.3 cm³/mol. The Labute approximate surface area is 141 Å². The Balaban J connectivity index is 1.79. The highest BCUT2D eigenvalue weighted by Gasteiger charge is 2.49. The number of methoxy groups -OCH3 is 1. The molecule has 24 heavy (non-hydrogen) atoms. The average molecular weight is 329 g/mol. The van der Waals surface area contributed by atoms with Crippen molar-refractivity contribution in [1.29, 1.82) is 0 Å². The smallest absolute Gasteiger partial charge is 0.309 e. The molecule has 1 saturated carbocycles. The highest BCUT2D eigenvalue weighted by atomic mass is 16.5. The van der Waals surface area contributed by atoms with Crippen LogP contribution in [0.5, 0.6) is 0 Å². The van der Waals surface area contributed by atoms with Crippen LogP contribution in [0.3, 0.4) is 0 Å². The molecule has 0 aliphatic heterocycles. The number of hydrogen-bond donors (Lipinski definition) is 1. The van der Waals surface area contributed by atoms with E-state index in [0.29, 0.717) is 6.42 Å². The minimum Gasteiger partial charge on any atom is -0.469 e. The van der Waals surface area contributed by atoms with Gasteiger partial charge in [0.15, 0.2) is 0 Å². The minimum atomic E-state index is -0.308. The van der Waals surface area contributed by atoms with Gasteiger partial charge in [0.2, 0.25) is 5.91 Å². The first-order chi connectivity index (χ1) is 11.4. The molecule has 2 aromatic rings. The number of benzene rings is 1. The normalized spacial score (nSPS) is 20.9. The van der Waals surface area contributed by atoms with Crippen molar-refractivity contribution in [3.63, 3.8) is 0 Å². The van der Waals surface area contributed by atoms with E-state index in [0.717, 1.165) is 16.9 Å². The number of nitrogens with one attached hydrogen (secondary N) is 1. The summed E-state index contributed by atoms with van der Waals surface area (Å²) >= 11 is 0. The molecule has 3 atom stereocenters. The molecule has 128 valence electrons. The fraction of sp³-hybridized carbons (Fsp3) is 0.500. The van der Waals surface area contributed by atoms with Crippen LogP contribution in [0, 0.1) is 11.8 Å². The van der Waals surface area contributed by atoms with Crippen LogP contribution in [0.4, 0.5) is 0 Å². The number of hydrogen-bond acceptors (Lipinski definition) is 4. The third-order valence-electron chi connectivity index (χ3n) is 4.52. The first-order valence-corrected chi connectivity index (χ1v) is 8.29. The molecular weight excluding hydrogens is 306 g/mol. The lowest BCUT2D eigenvalue weighted by molar-refractivity contribution is -0.143.